The highest BCUT2D eigenvalue weighted by Gasteiger charge is 2.38. The lowest BCUT2D eigenvalue weighted by atomic mass is 10.3. The van der Waals surface area contributed by atoms with Crippen molar-refractivity contribution >= 4 is 20.2 Å². The highest BCUT2D eigenvalue weighted by Crippen LogP contribution is 2.39. The minimum absolute atomic E-state index is 0.0847. The summed E-state index contributed by atoms with van der Waals surface area (Å²) in [6.45, 7) is 0.216. The molecule has 8 heteroatoms. The maximum Gasteiger partial charge on any atom is 0.264 e. The predicted molar refractivity (Wildman–Crippen MR) is 53.2 cm³/mol. The van der Waals surface area contributed by atoms with E-state index in [9.17, 15) is 16.8 Å². The average molecular weight is 258 g/mol. The summed E-state index contributed by atoms with van der Waals surface area (Å²) in [6, 6.07) is 0. The monoisotopic (exact) mass is 258 g/mol. The van der Waals surface area contributed by atoms with Crippen LogP contribution >= 0.6 is 0 Å². The number of rotatable bonds is 6. The Morgan fingerprint density at radius 2 is 1.27 bits per heavy atom. The van der Waals surface area contributed by atoms with Crippen molar-refractivity contribution < 1.29 is 25.2 Å². The van der Waals surface area contributed by atoms with E-state index < -0.39 is 20.2 Å². The van der Waals surface area contributed by atoms with E-state index in [0.29, 0.717) is 0 Å². The molecule has 1 aliphatic rings. The molecular formula is C7H14O6S2. The predicted octanol–water partition coefficient (Wildman–Crippen LogP) is -0.425. The van der Waals surface area contributed by atoms with Gasteiger partial charge in [0.25, 0.3) is 20.2 Å². The molecule has 0 aromatic rings. The molecule has 0 aliphatic heterocycles. The summed E-state index contributed by atoms with van der Waals surface area (Å²) in [5.41, 5.74) is 0. The summed E-state index contributed by atoms with van der Waals surface area (Å²) in [7, 11) is -6.81. The molecule has 1 fully saturated rings. The van der Waals surface area contributed by atoms with Crippen molar-refractivity contribution in [3.8, 4) is 0 Å². The maximum atomic E-state index is 10.6. The van der Waals surface area contributed by atoms with E-state index >= 15 is 0 Å². The molecule has 0 aromatic carbocycles. The Morgan fingerprint density at radius 1 is 0.933 bits per heavy atom. The Bertz CT molecular complexity index is 369. The first-order valence-corrected chi connectivity index (χ1v) is 7.99. The molecule has 1 saturated carbocycles. The van der Waals surface area contributed by atoms with Gasteiger partial charge in [-0.3, -0.25) is 8.37 Å². The minimum Gasteiger partial charge on any atom is -0.270 e. The van der Waals surface area contributed by atoms with Crippen molar-refractivity contribution in [3.05, 3.63) is 0 Å². The quantitative estimate of drug-likeness (QED) is 0.601. The van der Waals surface area contributed by atoms with Gasteiger partial charge in [-0.15, -0.1) is 0 Å². The van der Waals surface area contributed by atoms with Gasteiger partial charge in [0.2, 0.25) is 0 Å². The van der Waals surface area contributed by atoms with Gasteiger partial charge in [0.05, 0.1) is 25.7 Å². The lowest BCUT2D eigenvalue weighted by molar-refractivity contribution is 0.264. The molecule has 0 unspecified atom stereocenters. The molecule has 0 aromatic heterocycles. The first-order chi connectivity index (χ1) is 6.67. The van der Waals surface area contributed by atoms with Crippen LogP contribution < -0.4 is 0 Å². The van der Waals surface area contributed by atoms with Crippen molar-refractivity contribution in [1.29, 1.82) is 0 Å². The standard InChI is InChI=1S/C7H14O6S2/c1-14(8,9)12-4-6-3-7(6)5-13-15(2,10)11/h6-7H,3-5H2,1-2H3/t6-,7-/m1/s1. The molecule has 1 aliphatic carbocycles. The number of hydrogen-bond acceptors (Lipinski definition) is 6. The van der Waals surface area contributed by atoms with Crippen LogP contribution in [-0.2, 0) is 28.6 Å². The number of hydrogen-bond donors (Lipinski definition) is 0. The third-order valence-electron chi connectivity index (χ3n) is 2.06. The fourth-order valence-electron chi connectivity index (χ4n) is 1.14. The first kappa shape index (κ1) is 12.9. The second-order valence-corrected chi connectivity index (χ2v) is 7.02. The Balaban J connectivity index is 2.19. The molecule has 0 bridgehead atoms. The van der Waals surface area contributed by atoms with Crippen molar-refractivity contribution in [2.45, 2.75) is 6.42 Å². The van der Waals surface area contributed by atoms with Crippen LogP contribution in [-0.4, -0.2) is 42.6 Å². The second kappa shape index (κ2) is 4.36. The van der Waals surface area contributed by atoms with E-state index in [0.717, 1.165) is 18.9 Å². The highest BCUT2D eigenvalue weighted by molar-refractivity contribution is 7.86. The van der Waals surface area contributed by atoms with E-state index in [1.165, 1.54) is 0 Å². The fraction of sp³-hybridized carbons (Fsp3) is 1.00. The minimum atomic E-state index is -3.41. The Morgan fingerprint density at radius 3 is 1.53 bits per heavy atom. The topological polar surface area (TPSA) is 86.7 Å². The molecule has 0 radical (unpaired) electrons. The van der Waals surface area contributed by atoms with Gasteiger partial charge in [-0.2, -0.15) is 16.8 Å². The van der Waals surface area contributed by atoms with Gasteiger partial charge in [-0.1, -0.05) is 0 Å². The summed E-state index contributed by atoms with van der Waals surface area (Å²) in [5, 5.41) is 0. The molecule has 0 spiro atoms. The first-order valence-electron chi connectivity index (χ1n) is 4.36. The van der Waals surface area contributed by atoms with Gasteiger partial charge in [-0.25, -0.2) is 0 Å². The molecule has 2 atom stereocenters. The van der Waals surface area contributed by atoms with Gasteiger partial charge in [0, 0.05) is 0 Å². The third kappa shape index (κ3) is 6.08. The van der Waals surface area contributed by atoms with Crippen LogP contribution in [0.15, 0.2) is 0 Å². The van der Waals surface area contributed by atoms with Crippen LogP contribution in [0.25, 0.3) is 0 Å². The molecule has 0 N–H and O–H groups in total. The van der Waals surface area contributed by atoms with Crippen molar-refractivity contribution in [1.82, 2.24) is 0 Å². The third-order valence-corrected chi connectivity index (χ3v) is 3.19. The van der Waals surface area contributed by atoms with E-state index in [1.807, 2.05) is 0 Å². The Kier molecular flexibility index (Phi) is 3.75. The van der Waals surface area contributed by atoms with Crippen molar-refractivity contribution in [3.63, 3.8) is 0 Å². The summed E-state index contributed by atoms with van der Waals surface area (Å²) in [6.07, 6.45) is 2.71. The lowest BCUT2D eigenvalue weighted by Gasteiger charge is -2.01. The molecule has 0 heterocycles. The zero-order valence-electron chi connectivity index (χ0n) is 8.54. The van der Waals surface area contributed by atoms with Crippen LogP contribution in [0.4, 0.5) is 0 Å². The Hall–Kier alpha value is -0.180. The van der Waals surface area contributed by atoms with E-state index in [1.54, 1.807) is 0 Å². The summed E-state index contributed by atoms with van der Waals surface area (Å²) in [5.74, 6) is 0.169. The molecule has 90 valence electrons. The van der Waals surface area contributed by atoms with Gasteiger partial charge >= 0.3 is 0 Å². The zero-order valence-corrected chi connectivity index (χ0v) is 10.2. The molecule has 6 nitrogen and oxygen atoms in total. The molecule has 15 heavy (non-hydrogen) atoms. The SMILES string of the molecule is CS(=O)(=O)OC[C@H]1C[C@@H]1COS(C)(=O)=O. The molecular weight excluding hydrogens is 244 g/mol. The largest absolute Gasteiger partial charge is 0.270 e. The van der Waals surface area contributed by atoms with Gasteiger partial charge in [0.15, 0.2) is 0 Å². The average Bonchev–Trinajstić information content (AvgIpc) is 2.73. The van der Waals surface area contributed by atoms with Crippen LogP contribution in [0.1, 0.15) is 6.42 Å². The van der Waals surface area contributed by atoms with Gasteiger partial charge in [0.1, 0.15) is 0 Å². The maximum absolute atomic E-state index is 10.6. The van der Waals surface area contributed by atoms with E-state index in [-0.39, 0.29) is 25.0 Å². The van der Waals surface area contributed by atoms with Crippen LogP contribution in [0.3, 0.4) is 0 Å². The van der Waals surface area contributed by atoms with Crippen molar-refractivity contribution in [2.75, 3.05) is 25.7 Å². The molecule has 0 amide bonds. The molecule has 0 saturated heterocycles. The summed E-state index contributed by atoms with van der Waals surface area (Å²) in [4.78, 5) is 0. The smallest absolute Gasteiger partial charge is 0.264 e. The van der Waals surface area contributed by atoms with Crippen LogP contribution in [0.2, 0.25) is 0 Å². The second-order valence-electron chi connectivity index (χ2n) is 3.73. The normalized spacial score (nSPS) is 26.5. The lowest BCUT2D eigenvalue weighted by Crippen LogP contribution is -2.09. The summed E-state index contributed by atoms with van der Waals surface area (Å²) < 4.78 is 51.7. The van der Waals surface area contributed by atoms with Gasteiger partial charge < -0.3 is 0 Å². The van der Waals surface area contributed by atoms with Gasteiger partial charge in [-0.05, 0) is 18.3 Å². The highest BCUT2D eigenvalue weighted by atomic mass is 32.2. The zero-order chi connectivity index (χ0) is 11.7. The van der Waals surface area contributed by atoms with Crippen LogP contribution in [0, 0.1) is 11.8 Å². The summed E-state index contributed by atoms with van der Waals surface area (Å²) >= 11 is 0. The van der Waals surface area contributed by atoms with Crippen LogP contribution in [0.5, 0.6) is 0 Å². The fourth-order valence-corrected chi connectivity index (χ4v) is 1.98. The van der Waals surface area contributed by atoms with E-state index in [4.69, 9.17) is 0 Å². The van der Waals surface area contributed by atoms with Crippen molar-refractivity contribution in [2.24, 2.45) is 11.8 Å². The molecule has 1 rings (SSSR count). The Labute approximate surface area is 89.8 Å². The van der Waals surface area contributed by atoms with E-state index in [2.05, 4.69) is 8.37 Å².